The zero-order valence-corrected chi connectivity index (χ0v) is 15.4. The zero-order valence-electron chi connectivity index (χ0n) is 14.6. The highest BCUT2D eigenvalue weighted by molar-refractivity contribution is 7.86. The molecule has 8 nitrogen and oxygen atoms in total. The van der Waals surface area contributed by atoms with E-state index in [1.165, 1.54) is 22.7 Å². The van der Waals surface area contributed by atoms with Crippen LogP contribution in [0.2, 0.25) is 0 Å². The second-order valence-corrected chi connectivity index (χ2v) is 8.39. The number of hydrogen-bond acceptors (Lipinski definition) is 5. The molecule has 1 amide bonds. The summed E-state index contributed by atoms with van der Waals surface area (Å²) in [5.41, 5.74) is 1.83. The summed E-state index contributed by atoms with van der Waals surface area (Å²) in [6.45, 7) is 3.34. The van der Waals surface area contributed by atoms with Crippen LogP contribution in [0.4, 0.5) is 0 Å². The lowest BCUT2D eigenvalue weighted by Crippen LogP contribution is -2.42. The molecule has 1 aromatic heterocycles. The van der Waals surface area contributed by atoms with Crippen LogP contribution >= 0.6 is 0 Å². The lowest BCUT2D eigenvalue weighted by molar-refractivity contribution is 0.0764. The van der Waals surface area contributed by atoms with Crippen molar-refractivity contribution >= 4 is 27.2 Å². The molecule has 2 aromatic rings. The van der Waals surface area contributed by atoms with Crippen LogP contribution in [-0.4, -0.2) is 73.1 Å². The first kappa shape index (κ1) is 17.8. The highest BCUT2D eigenvalue weighted by Crippen LogP contribution is 2.19. The molecule has 1 aromatic carbocycles. The first-order chi connectivity index (χ1) is 11.8. The van der Waals surface area contributed by atoms with Crippen molar-refractivity contribution in [2.24, 2.45) is 0 Å². The van der Waals surface area contributed by atoms with E-state index in [9.17, 15) is 13.2 Å². The summed E-state index contributed by atoms with van der Waals surface area (Å²) in [7, 11) is -0.432. The van der Waals surface area contributed by atoms with Crippen molar-refractivity contribution in [1.82, 2.24) is 18.5 Å². The van der Waals surface area contributed by atoms with Gasteiger partial charge in [0.05, 0.1) is 0 Å². The van der Waals surface area contributed by atoms with Crippen LogP contribution in [0.3, 0.4) is 0 Å². The van der Waals surface area contributed by atoms with Crippen molar-refractivity contribution in [3.05, 3.63) is 29.7 Å². The van der Waals surface area contributed by atoms with E-state index in [4.69, 9.17) is 4.42 Å². The second kappa shape index (κ2) is 6.74. The van der Waals surface area contributed by atoms with Gasteiger partial charge >= 0.3 is 0 Å². The molecule has 0 N–H and O–H groups in total. The number of rotatable bonds is 3. The minimum atomic E-state index is -3.46. The minimum Gasteiger partial charge on any atom is -0.441 e. The molecule has 2 heterocycles. The van der Waals surface area contributed by atoms with E-state index in [0.717, 1.165) is 0 Å². The Hall–Kier alpha value is -1.97. The number of aryl methyl sites for hydroxylation is 1. The molecule has 1 aliphatic heterocycles. The van der Waals surface area contributed by atoms with E-state index in [0.29, 0.717) is 48.6 Å². The smallest absolute Gasteiger partial charge is 0.281 e. The molecule has 0 bridgehead atoms. The van der Waals surface area contributed by atoms with Crippen molar-refractivity contribution in [3.63, 3.8) is 0 Å². The van der Waals surface area contributed by atoms with Gasteiger partial charge in [0.2, 0.25) is 0 Å². The normalized spacial score (nSPS) is 17.2. The molecule has 136 valence electrons. The molecule has 0 radical (unpaired) electrons. The lowest BCUT2D eigenvalue weighted by atomic mass is 10.1. The van der Waals surface area contributed by atoms with E-state index in [1.807, 2.05) is 0 Å². The van der Waals surface area contributed by atoms with Crippen LogP contribution in [0, 0.1) is 6.92 Å². The summed E-state index contributed by atoms with van der Waals surface area (Å²) in [5.74, 6) is 0.436. The third kappa shape index (κ3) is 3.53. The van der Waals surface area contributed by atoms with E-state index in [1.54, 1.807) is 30.0 Å². The number of aromatic nitrogens is 1. The number of carbonyl (C=O) groups excluding carboxylic acids is 1. The molecular formula is C16H22N4O4S. The first-order valence-corrected chi connectivity index (χ1v) is 9.53. The highest BCUT2D eigenvalue weighted by atomic mass is 32.2. The summed E-state index contributed by atoms with van der Waals surface area (Å²) in [5, 5.41) is 0. The molecule has 1 fully saturated rings. The fraction of sp³-hybridized carbons (Fsp3) is 0.500. The summed E-state index contributed by atoms with van der Waals surface area (Å²) in [6.07, 6.45) is 0.601. The lowest BCUT2D eigenvalue weighted by Gasteiger charge is -2.24. The molecule has 0 aliphatic carbocycles. The summed E-state index contributed by atoms with van der Waals surface area (Å²) < 4.78 is 32.6. The van der Waals surface area contributed by atoms with Crippen LogP contribution in [0.15, 0.2) is 22.6 Å². The third-order valence-corrected chi connectivity index (χ3v) is 6.21. The zero-order chi connectivity index (χ0) is 18.2. The molecule has 3 rings (SSSR count). The van der Waals surface area contributed by atoms with Crippen LogP contribution in [-0.2, 0) is 10.2 Å². The van der Waals surface area contributed by atoms with Gasteiger partial charge in [-0.1, -0.05) is 0 Å². The van der Waals surface area contributed by atoms with Crippen LogP contribution in [0.5, 0.6) is 0 Å². The fourth-order valence-corrected chi connectivity index (χ4v) is 4.05. The first-order valence-electron chi connectivity index (χ1n) is 8.13. The largest absolute Gasteiger partial charge is 0.441 e. The Morgan fingerprint density at radius 3 is 2.68 bits per heavy atom. The number of amides is 1. The maximum atomic E-state index is 12.8. The Kier molecular flexibility index (Phi) is 4.81. The van der Waals surface area contributed by atoms with Crippen molar-refractivity contribution < 1.29 is 17.6 Å². The maximum Gasteiger partial charge on any atom is 0.281 e. The van der Waals surface area contributed by atoms with Crippen LogP contribution in [0.1, 0.15) is 22.7 Å². The number of nitrogens with zero attached hydrogens (tertiary/aromatic N) is 4. The SMILES string of the molecule is Cc1nc2cc(C(=O)N3CCCN(S(=O)(=O)N(C)C)CC3)ccc2o1. The summed E-state index contributed by atoms with van der Waals surface area (Å²) >= 11 is 0. The average Bonchev–Trinajstić information content (AvgIpc) is 2.77. The third-order valence-electron chi connectivity index (χ3n) is 4.27. The van der Waals surface area contributed by atoms with Gasteiger partial charge in [-0.2, -0.15) is 17.0 Å². The summed E-state index contributed by atoms with van der Waals surface area (Å²) in [4.78, 5) is 18.7. The van der Waals surface area contributed by atoms with Gasteiger partial charge in [0.1, 0.15) is 5.52 Å². The van der Waals surface area contributed by atoms with E-state index < -0.39 is 10.2 Å². The molecule has 1 aliphatic rings. The van der Waals surface area contributed by atoms with Crippen molar-refractivity contribution in [1.29, 1.82) is 0 Å². The molecular weight excluding hydrogens is 344 g/mol. The van der Waals surface area contributed by atoms with Gasteiger partial charge < -0.3 is 9.32 Å². The van der Waals surface area contributed by atoms with E-state index >= 15 is 0 Å². The summed E-state index contributed by atoms with van der Waals surface area (Å²) in [6, 6.07) is 5.17. The maximum absolute atomic E-state index is 12.8. The van der Waals surface area contributed by atoms with E-state index in [2.05, 4.69) is 4.98 Å². The van der Waals surface area contributed by atoms with Gasteiger partial charge in [0.15, 0.2) is 11.5 Å². The van der Waals surface area contributed by atoms with Crippen LogP contribution in [0.25, 0.3) is 11.1 Å². The molecule has 0 unspecified atom stereocenters. The van der Waals surface area contributed by atoms with Gasteiger partial charge in [-0.25, -0.2) is 4.98 Å². The standard InChI is InChI=1S/C16H22N4O4S/c1-12-17-14-11-13(5-6-15(14)24-12)16(21)19-7-4-8-20(10-9-19)25(22,23)18(2)3/h5-6,11H,4,7-10H2,1-3H3. The molecule has 0 saturated carbocycles. The van der Waals surface area contributed by atoms with Gasteiger partial charge in [-0.05, 0) is 24.6 Å². The Bertz CT molecular complexity index is 891. The minimum absolute atomic E-state index is 0.119. The number of benzene rings is 1. The topological polar surface area (TPSA) is 87.0 Å². The molecule has 9 heteroatoms. The van der Waals surface area contributed by atoms with Gasteiger partial charge in [0.25, 0.3) is 16.1 Å². The Labute approximate surface area is 147 Å². The quantitative estimate of drug-likeness (QED) is 0.812. The number of carbonyl (C=O) groups is 1. The van der Waals surface area contributed by atoms with E-state index in [-0.39, 0.29) is 12.5 Å². The highest BCUT2D eigenvalue weighted by Gasteiger charge is 2.28. The van der Waals surface area contributed by atoms with Crippen molar-refractivity contribution in [2.75, 3.05) is 40.3 Å². The van der Waals surface area contributed by atoms with Crippen LogP contribution < -0.4 is 0 Å². The Balaban J connectivity index is 1.76. The number of oxazole rings is 1. The molecule has 1 saturated heterocycles. The predicted octanol–water partition coefficient (Wildman–Crippen LogP) is 1.09. The molecule has 0 spiro atoms. The number of hydrogen-bond donors (Lipinski definition) is 0. The molecule has 0 atom stereocenters. The fourth-order valence-electron chi connectivity index (χ4n) is 2.92. The molecule has 25 heavy (non-hydrogen) atoms. The average molecular weight is 366 g/mol. The monoisotopic (exact) mass is 366 g/mol. The van der Waals surface area contributed by atoms with Gasteiger partial charge in [-0.3, -0.25) is 4.79 Å². The number of fused-ring (bicyclic) bond motifs is 1. The predicted molar refractivity (Wildman–Crippen MR) is 93.4 cm³/mol. The van der Waals surface area contributed by atoms with Crippen molar-refractivity contribution in [2.45, 2.75) is 13.3 Å². The second-order valence-electron chi connectivity index (χ2n) is 6.25. The van der Waals surface area contributed by atoms with Gasteiger partial charge in [-0.15, -0.1) is 0 Å². The Morgan fingerprint density at radius 2 is 1.96 bits per heavy atom. The Morgan fingerprint density at radius 1 is 1.20 bits per heavy atom. The van der Waals surface area contributed by atoms with Crippen molar-refractivity contribution in [3.8, 4) is 0 Å². The van der Waals surface area contributed by atoms with Gasteiger partial charge in [0, 0.05) is 52.8 Å².